The van der Waals surface area contributed by atoms with Crippen molar-refractivity contribution in [2.75, 3.05) is 11.9 Å². The van der Waals surface area contributed by atoms with E-state index in [0.29, 0.717) is 0 Å². The van der Waals surface area contributed by atoms with Gasteiger partial charge in [-0.15, -0.1) is 0 Å². The Morgan fingerprint density at radius 2 is 1.71 bits per heavy atom. The van der Waals surface area contributed by atoms with Crippen LogP contribution in [0, 0.1) is 6.92 Å². The second kappa shape index (κ2) is 7.38. The van der Waals surface area contributed by atoms with E-state index in [4.69, 9.17) is 0 Å². The fourth-order valence-electron chi connectivity index (χ4n) is 1.96. The zero-order chi connectivity index (χ0) is 15.2. The molecule has 1 amide bonds. The van der Waals surface area contributed by atoms with E-state index in [1.165, 1.54) is 11.1 Å². The Morgan fingerprint density at radius 3 is 2.33 bits per heavy atom. The van der Waals surface area contributed by atoms with Gasteiger partial charge in [0.2, 0.25) is 5.91 Å². The topological polar surface area (TPSA) is 41.1 Å². The number of halogens is 1. The zero-order valence-corrected chi connectivity index (χ0v) is 13.8. The van der Waals surface area contributed by atoms with E-state index in [-0.39, 0.29) is 18.5 Å². The van der Waals surface area contributed by atoms with Crippen molar-refractivity contribution >= 4 is 27.5 Å². The fraction of sp³-hybridized carbons (Fsp3) is 0.235. The number of hydrogen-bond acceptors (Lipinski definition) is 2. The van der Waals surface area contributed by atoms with Crippen molar-refractivity contribution in [2.24, 2.45) is 0 Å². The van der Waals surface area contributed by atoms with Crippen LogP contribution in [0.15, 0.2) is 53.0 Å². The molecule has 0 spiro atoms. The van der Waals surface area contributed by atoms with Gasteiger partial charge in [-0.2, -0.15) is 0 Å². The predicted octanol–water partition coefficient (Wildman–Crippen LogP) is 4.05. The van der Waals surface area contributed by atoms with Crippen molar-refractivity contribution in [3.8, 4) is 0 Å². The van der Waals surface area contributed by atoms with E-state index in [2.05, 4.69) is 64.7 Å². The Balaban J connectivity index is 1.83. The monoisotopic (exact) mass is 346 g/mol. The molecule has 0 aliphatic carbocycles. The molecule has 0 saturated heterocycles. The number of benzene rings is 2. The minimum absolute atomic E-state index is 0.0451. The number of carbonyl (C=O) groups is 1. The molecule has 0 aliphatic heterocycles. The average Bonchev–Trinajstić information content (AvgIpc) is 2.48. The van der Waals surface area contributed by atoms with Gasteiger partial charge in [-0.1, -0.05) is 45.8 Å². The van der Waals surface area contributed by atoms with Crippen LogP contribution in [0.5, 0.6) is 0 Å². The molecule has 1 atom stereocenters. The molecule has 0 radical (unpaired) electrons. The lowest BCUT2D eigenvalue weighted by Crippen LogP contribution is -2.30. The lowest BCUT2D eigenvalue weighted by atomic mass is 10.1. The lowest BCUT2D eigenvalue weighted by Gasteiger charge is -2.14. The summed E-state index contributed by atoms with van der Waals surface area (Å²) in [5.41, 5.74) is 3.21. The van der Waals surface area contributed by atoms with Crippen LogP contribution in [0.4, 0.5) is 5.69 Å². The third-order valence-electron chi connectivity index (χ3n) is 3.27. The van der Waals surface area contributed by atoms with Gasteiger partial charge in [0.15, 0.2) is 0 Å². The molecule has 0 bridgehead atoms. The van der Waals surface area contributed by atoms with Crippen molar-refractivity contribution in [1.82, 2.24) is 5.32 Å². The van der Waals surface area contributed by atoms with Crippen LogP contribution in [-0.2, 0) is 4.79 Å². The van der Waals surface area contributed by atoms with Gasteiger partial charge < -0.3 is 10.6 Å². The summed E-state index contributed by atoms with van der Waals surface area (Å²) in [6.07, 6.45) is 0. The van der Waals surface area contributed by atoms with Crippen molar-refractivity contribution in [1.29, 1.82) is 0 Å². The number of carbonyl (C=O) groups excluding carboxylic acids is 1. The highest BCUT2D eigenvalue weighted by atomic mass is 79.9. The highest BCUT2D eigenvalue weighted by molar-refractivity contribution is 9.10. The van der Waals surface area contributed by atoms with Gasteiger partial charge >= 0.3 is 0 Å². The van der Waals surface area contributed by atoms with Gasteiger partial charge in [-0.3, -0.25) is 4.79 Å². The first-order valence-corrected chi connectivity index (χ1v) is 7.69. The summed E-state index contributed by atoms with van der Waals surface area (Å²) in [4.78, 5) is 11.9. The first-order valence-electron chi connectivity index (χ1n) is 6.90. The van der Waals surface area contributed by atoms with Crippen molar-refractivity contribution < 1.29 is 4.79 Å². The maximum atomic E-state index is 11.9. The second-order valence-electron chi connectivity index (χ2n) is 5.07. The number of aryl methyl sites for hydroxylation is 1. The van der Waals surface area contributed by atoms with Gasteiger partial charge in [-0.05, 0) is 43.7 Å². The molecule has 0 aromatic heterocycles. The molecule has 2 N–H and O–H groups in total. The van der Waals surface area contributed by atoms with Crippen LogP contribution >= 0.6 is 15.9 Å². The van der Waals surface area contributed by atoms with Crippen molar-refractivity contribution in [3.05, 3.63) is 64.1 Å². The Morgan fingerprint density at radius 1 is 1.10 bits per heavy atom. The number of hydrogen-bond donors (Lipinski definition) is 2. The van der Waals surface area contributed by atoms with Crippen LogP contribution in [0.3, 0.4) is 0 Å². The van der Waals surface area contributed by atoms with Crippen LogP contribution in [0.25, 0.3) is 0 Å². The van der Waals surface area contributed by atoms with E-state index < -0.39 is 0 Å². The minimum atomic E-state index is -0.0451. The molecule has 4 heteroatoms. The third-order valence-corrected chi connectivity index (χ3v) is 3.80. The van der Waals surface area contributed by atoms with E-state index in [1.54, 1.807) is 0 Å². The van der Waals surface area contributed by atoms with Gasteiger partial charge in [0, 0.05) is 16.2 Å². The lowest BCUT2D eigenvalue weighted by molar-refractivity contribution is -0.115. The Bertz CT molecular complexity index is 593. The molecule has 0 aliphatic rings. The summed E-state index contributed by atoms with van der Waals surface area (Å²) in [6.45, 7) is 4.40. The van der Waals surface area contributed by atoms with Gasteiger partial charge in [0.05, 0.1) is 6.54 Å². The number of nitrogens with one attached hydrogen (secondary N) is 2. The molecular formula is C17H19BrN2O. The first kappa shape index (κ1) is 15.7. The molecule has 2 rings (SSSR count). The standard InChI is InChI=1S/C17H19BrN2O/c1-12-3-5-14(6-4-12)13(2)19-11-17(21)20-16-9-7-15(18)8-10-16/h3-10,13,19H,11H2,1-2H3,(H,20,21)/t13-/m0/s1. The third kappa shape index (κ3) is 4.99. The van der Waals surface area contributed by atoms with Gasteiger partial charge in [0.1, 0.15) is 0 Å². The summed E-state index contributed by atoms with van der Waals surface area (Å²) in [5, 5.41) is 6.09. The summed E-state index contributed by atoms with van der Waals surface area (Å²) in [7, 11) is 0. The largest absolute Gasteiger partial charge is 0.325 e. The molecule has 2 aromatic carbocycles. The molecule has 110 valence electrons. The molecule has 0 fully saturated rings. The van der Waals surface area contributed by atoms with Gasteiger partial charge in [-0.25, -0.2) is 0 Å². The zero-order valence-electron chi connectivity index (χ0n) is 12.2. The van der Waals surface area contributed by atoms with Crippen LogP contribution < -0.4 is 10.6 Å². The SMILES string of the molecule is Cc1ccc([C@H](C)NCC(=O)Nc2ccc(Br)cc2)cc1. The second-order valence-corrected chi connectivity index (χ2v) is 5.98. The van der Waals surface area contributed by atoms with Crippen molar-refractivity contribution in [2.45, 2.75) is 19.9 Å². The van der Waals surface area contributed by atoms with E-state index in [9.17, 15) is 4.79 Å². The molecule has 2 aromatic rings. The van der Waals surface area contributed by atoms with Gasteiger partial charge in [0.25, 0.3) is 0 Å². The molecule has 0 unspecified atom stereocenters. The van der Waals surface area contributed by atoms with Crippen LogP contribution in [0.1, 0.15) is 24.1 Å². The molecule has 21 heavy (non-hydrogen) atoms. The number of amides is 1. The highest BCUT2D eigenvalue weighted by Crippen LogP contribution is 2.15. The summed E-state index contributed by atoms with van der Waals surface area (Å²) < 4.78 is 0.992. The Kier molecular flexibility index (Phi) is 5.53. The van der Waals surface area contributed by atoms with E-state index in [1.807, 2.05) is 24.3 Å². The Labute approximate surface area is 133 Å². The Hall–Kier alpha value is -1.65. The summed E-state index contributed by atoms with van der Waals surface area (Å²) in [6, 6.07) is 16.0. The molecule has 0 saturated carbocycles. The fourth-order valence-corrected chi connectivity index (χ4v) is 2.22. The highest BCUT2D eigenvalue weighted by Gasteiger charge is 2.07. The maximum Gasteiger partial charge on any atom is 0.238 e. The normalized spacial score (nSPS) is 12.0. The number of rotatable bonds is 5. The summed E-state index contributed by atoms with van der Waals surface area (Å²) in [5.74, 6) is -0.0451. The average molecular weight is 347 g/mol. The van der Waals surface area contributed by atoms with E-state index in [0.717, 1.165) is 10.2 Å². The van der Waals surface area contributed by atoms with Crippen LogP contribution in [-0.4, -0.2) is 12.5 Å². The summed E-state index contributed by atoms with van der Waals surface area (Å²) >= 11 is 3.37. The van der Waals surface area contributed by atoms with Crippen LogP contribution in [0.2, 0.25) is 0 Å². The molecular weight excluding hydrogens is 328 g/mol. The molecule has 0 heterocycles. The maximum absolute atomic E-state index is 11.9. The number of anilines is 1. The predicted molar refractivity (Wildman–Crippen MR) is 90.4 cm³/mol. The smallest absolute Gasteiger partial charge is 0.238 e. The quantitative estimate of drug-likeness (QED) is 0.857. The van der Waals surface area contributed by atoms with Crippen molar-refractivity contribution in [3.63, 3.8) is 0 Å². The van der Waals surface area contributed by atoms with E-state index >= 15 is 0 Å². The minimum Gasteiger partial charge on any atom is -0.325 e. The first-order chi connectivity index (χ1) is 10.0. The molecule has 3 nitrogen and oxygen atoms in total.